The molecule has 0 aliphatic heterocycles. The lowest BCUT2D eigenvalue weighted by Crippen LogP contribution is -1.99. The molecular weight excluding hydrogens is 433 g/mol. The fourth-order valence-electron chi connectivity index (χ4n) is 2.45. The third kappa shape index (κ3) is 5.18. The van der Waals surface area contributed by atoms with E-state index >= 15 is 0 Å². The second-order valence-corrected chi connectivity index (χ2v) is 7.73. The molecule has 138 valence electrons. The van der Waals surface area contributed by atoms with Crippen LogP contribution in [0.2, 0.25) is 25.1 Å². The Labute approximate surface area is 178 Å². The van der Waals surface area contributed by atoms with Gasteiger partial charge in [-0.3, -0.25) is 4.79 Å². The molecule has 6 heteroatoms. The average molecular weight is 451 g/mol. The topological polar surface area (TPSA) is 17.1 Å². The lowest BCUT2D eigenvalue weighted by molar-refractivity contribution is 0.104. The summed E-state index contributed by atoms with van der Waals surface area (Å²) in [6, 6.07) is 8.07. The lowest BCUT2D eigenvalue weighted by atomic mass is 10.0. The first-order valence-corrected chi connectivity index (χ1v) is 10.1. The van der Waals surface area contributed by atoms with Gasteiger partial charge in [0.05, 0.1) is 30.7 Å². The first-order valence-electron chi connectivity index (χ1n) is 8.19. The molecule has 2 aromatic carbocycles. The summed E-state index contributed by atoms with van der Waals surface area (Å²) in [6.07, 6.45) is 7.75. The molecule has 0 saturated carbocycles. The van der Waals surface area contributed by atoms with E-state index in [1.54, 1.807) is 6.08 Å². The van der Waals surface area contributed by atoms with Crippen LogP contribution in [0.4, 0.5) is 0 Å². The van der Waals surface area contributed by atoms with Crippen molar-refractivity contribution < 1.29 is 4.79 Å². The van der Waals surface area contributed by atoms with E-state index in [2.05, 4.69) is 19.1 Å². The molecule has 0 radical (unpaired) electrons. The lowest BCUT2D eigenvalue weighted by Gasteiger charge is -2.10. The Bertz CT molecular complexity index is 796. The van der Waals surface area contributed by atoms with Crippen molar-refractivity contribution in [1.82, 2.24) is 0 Å². The van der Waals surface area contributed by atoms with Gasteiger partial charge in [0.15, 0.2) is 5.78 Å². The Hall–Kier alpha value is -0.700. The van der Waals surface area contributed by atoms with Crippen LogP contribution >= 0.6 is 58.0 Å². The highest BCUT2D eigenvalue weighted by atomic mass is 35.5. The first-order chi connectivity index (χ1) is 12.4. The fourth-order valence-corrected chi connectivity index (χ4v) is 3.78. The van der Waals surface area contributed by atoms with Gasteiger partial charge in [-0.05, 0) is 30.0 Å². The molecule has 0 unspecified atom stereocenters. The van der Waals surface area contributed by atoms with Crippen molar-refractivity contribution >= 4 is 69.9 Å². The fraction of sp³-hybridized carbons (Fsp3) is 0.250. The van der Waals surface area contributed by atoms with E-state index in [1.807, 2.05) is 12.1 Å². The van der Waals surface area contributed by atoms with Gasteiger partial charge >= 0.3 is 0 Å². The molecule has 0 aliphatic carbocycles. The SMILES string of the molecule is CCCCCc1ccc(C=CC(=O)c2c(Cl)c(Cl)c(Cl)c(Cl)c2Cl)cc1. The Balaban J connectivity index is 2.18. The van der Waals surface area contributed by atoms with E-state index in [1.165, 1.54) is 30.9 Å². The van der Waals surface area contributed by atoms with Gasteiger partial charge in [-0.15, -0.1) is 0 Å². The van der Waals surface area contributed by atoms with Crippen LogP contribution in [0.25, 0.3) is 6.08 Å². The largest absolute Gasteiger partial charge is 0.289 e. The van der Waals surface area contributed by atoms with Crippen molar-refractivity contribution in [1.29, 1.82) is 0 Å². The van der Waals surface area contributed by atoms with Crippen LogP contribution in [0.3, 0.4) is 0 Å². The summed E-state index contributed by atoms with van der Waals surface area (Å²) >= 11 is 30.2. The maximum absolute atomic E-state index is 12.5. The summed E-state index contributed by atoms with van der Waals surface area (Å²) in [5.41, 5.74) is 2.22. The van der Waals surface area contributed by atoms with E-state index in [0.717, 1.165) is 12.0 Å². The number of allylic oxidation sites excluding steroid dienone is 1. The molecule has 0 aliphatic rings. The Kier molecular flexibility index (Phi) is 8.32. The number of benzene rings is 2. The maximum Gasteiger partial charge on any atom is 0.188 e. The normalized spacial score (nSPS) is 11.3. The summed E-state index contributed by atoms with van der Waals surface area (Å²) in [6.45, 7) is 2.18. The van der Waals surface area contributed by atoms with Crippen molar-refractivity contribution in [2.24, 2.45) is 0 Å². The van der Waals surface area contributed by atoms with E-state index < -0.39 is 5.78 Å². The van der Waals surface area contributed by atoms with Crippen molar-refractivity contribution in [2.75, 3.05) is 0 Å². The Morgan fingerprint density at radius 1 is 0.846 bits per heavy atom. The minimum Gasteiger partial charge on any atom is -0.289 e. The zero-order valence-electron chi connectivity index (χ0n) is 14.1. The summed E-state index contributed by atoms with van der Waals surface area (Å²) in [5, 5.41) is 0.0355. The van der Waals surface area contributed by atoms with E-state index in [0.29, 0.717) is 0 Å². The van der Waals surface area contributed by atoms with E-state index in [4.69, 9.17) is 58.0 Å². The Morgan fingerprint density at radius 3 is 1.92 bits per heavy atom. The molecule has 0 N–H and O–H groups in total. The minimum absolute atomic E-state index is 0.00742. The van der Waals surface area contributed by atoms with Gasteiger partial charge in [0.25, 0.3) is 0 Å². The number of carbonyl (C=O) groups excluding carboxylic acids is 1. The van der Waals surface area contributed by atoms with Gasteiger partial charge < -0.3 is 0 Å². The molecule has 0 heterocycles. The molecule has 0 atom stereocenters. The van der Waals surface area contributed by atoms with Crippen LogP contribution in [0, 0.1) is 0 Å². The third-order valence-electron chi connectivity index (χ3n) is 3.93. The number of rotatable bonds is 7. The number of halogens is 5. The molecule has 0 aromatic heterocycles. The summed E-state index contributed by atoms with van der Waals surface area (Å²) in [5.74, 6) is -0.396. The number of unbranched alkanes of at least 4 members (excludes halogenated alkanes) is 2. The summed E-state index contributed by atoms with van der Waals surface area (Å²) in [4.78, 5) is 12.5. The smallest absolute Gasteiger partial charge is 0.188 e. The van der Waals surface area contributed by atoms with Crippen LogP contribution in [-0.2, 0) is 6.42 Å². The number of hydrogen-bond donors (Lipinski definition) is 0. The van der Waals surface area contributed by atoms with Crippen molar-refractivity contribution in [3.05, 3.63) is 72.1 Å². The van der Waals surface area contributed by atoms with Crippen molar-refractivity contribution in [3.63, 3.8) is 0 Å². The van der Waals surface area contributed by atoms with Crippen molar-refractivity contribution in [3.8, 4) is 0 Å². The number of ketones is 1. The molecular formula is C20H17Cl5O. The van der Waals surface area contributed by atoms with Crippen LogP contribution < -0.4 is 0 Å². The van der Waals surface area contributed by atoms with Gasteiger partial charge in [-0.25, -0.2) is 0 Å². The van der Waals surface area contributed by atoms with Crippen LogP contribution in [0.15, 0.2) is 30.3 Å². The highest BCUT2D eigenvalue weighted by Gasteiger charge is 2.22. The second kappa shape index (κ2) is 10.0. The molecule has 2 rings (SSSR count). The van der Waals surface area contributed by atoms with E-state index in [9.17, 15) is 4.79 Å². The molecule has 0 saturated heterocycles. The first kappa shape index (κ1) is 21.6. The van der Waals surface area contributed by atoms with Gasteiger partial charge in [0, 0.05) is 0 Å². The number of hydrogen-bond acceptors (Lipinski definition) is 1. The third-order valence-corrected chi connectivity index (χ3v) is 6.21. The average Bonchev–Trinajstić information content (AvgIpc) is 2.64. The monoisotopic (exact) mass is 448 g/mol. The zero-order chi connectivity index (χ0) is 19.3. The molecule has 0 bridgehead atoms. The zero-order valence-corrected chi connectivity index (χ0v) is 17.9. The van der Waals surface area contributed by atoms with Crippen LogP contribution in [-0.4, -0.2) is 5.78 Å². The second-order valence-electron chi connectivity index (χ2n) is 5.84. The molecule has 1 nitrogen and oxygen atoms in total. The van der Waals surface area contributed by atoms with Crippen LogP contribution in [0.5, 0.6) is 0 Å². The quantitative estimate of drug-likeness (QED) is 0.136. The molecule has 0 fully saturated rings. The molecule has 2 aromatic rings. The highest BCUT2D eigenvalue weighted by Crippen LogP contribution is 2.44. The van der Waals surface area contributed by atoms with Gasteiger partial charge in [0.2, 0.25) is 0 Å². The molecule has 26 heavy (non-hydrogen) atoms. The maximum atomic E-state index is 12.5. The molecule has 0 amide bonds. The standard InChI is InChI=1S/C20H17Cl5O/c1-2-3-4-5-12-6-8-13(9-7-12)10-11-14(26)15-16(21)18(23)20(25)19(24)17(15)22/h6-11H,2-5H2,1H3. The predicted octanol–water partition coefficient (Wildman–Crippen LogP) is 8.58. The minimum atomic E-state index is -0.396. The number of carbonyl (C=O) groups is 1. The van der Waals surface area contributed by atoms with Crippen molar-refractivity contribution in [2.45, 2.75) is 32.6 Å². The molecule has 0 spiro atoms. The van der Waals surface area contributed by atoms with Crippen LogP contribution in [0.1, 0.15) is 47.7 Å². The van der Waals surface area contributed by atoms with Gasteiger partial charge in [-0.1, -0.05) is 108 Å². The van der Waals surface area contributed by atoms with Gasteiger partial charge in [0.1, 0.15) is 0 Å². The van der Waals surface area contributed by atoms with Gasteiger partial charge in [-0.2, -0.15) is 0 Å². The number of aryl methyl sites for hydroxylation is 1. The van der Waals surface area contributed by atoms with E-state index in [-0.39, 0.29) is 30.7 Å². The summed E-state index contributed by atoms with van der Waals surface area (Å²) in [7, 11) is 0. The Morgan fingerprint density at radius 2 is 1.38 bits per heavy atom. The predicted molar refractivity (Wildman–Crippen MR) is 115 cm³/mol. The summed E-state index contributed by atoms with van der Waals surface area (Å²) < 4.78 is 0. The highest BCUT2D eigenvalue weighted by molar-refractivity contribution is 6.56.